The molecule has 90 valence electrons. The van der Waals surface area contributed by atoms with Gasteiger partial charge in [-0.2, -0.15) is 0 Å². The minimum Gasteiger partial charge on any atom is -0.486 e. The van der Waals surface area contributed by atoms with Crippen LogP contribution in [0.2, 0.25) is 0 Å². The summed E-state index contributed by atoms with van der Waals surface area (Å²) in [4.78, 5) is 0. The van der Waals surface area contributed by atoms with Crippen LogP contribution in [0.5, 0.6) is 5.75 Å². The number of benzene rings is 2. The first kappa shape index (κ1) is 12.2. The number of alkyl halides is 1. The first-order valence-corrected chi connectivity index (χ1v) is 6.14. The summed E-state index contributed by atoms with van der Waals surface area (Å²) >= 11 is 5.78. The number of rotatable bonds is 4. The van der Waals surface area contributed by atoms with Gasteiger partial charge in [-0.1, -0.05) is 36.4 Å². The lowest BCUT2D eigenvalue weighted by Gasteiger charge is -2.20. The van der Waals surface area contributed by atoms with Crippen molar-refractivity contribution in [2.45, 2.75) is 19.1 Å². The number of fused-ring (bicyclic) bond motifs is 1. The monoisotopic (exact) mass is 250 g/mol. The molecule has 0 bridgehead atoms. The van der Waals surface area contributed by atoms with Gasteiger partial charge in [-0.3, -0.25) is 0 Å². The molecule has 0 aliphatic carbocycles. The van der Waals surface area contributed by atoms with Crippen LogP contribution in [0.1, 0.15) is 6.92 Å². The van der Waals surface area contributed by atoms with Crippen molar-refractivity contribution in [3.05, 3.63) is 42.5 Å². The van der Waals surface area contributed by atoms with E-state index in [1.807, 2.05) is 42.5 Å². The van der Waals surface area contributed by atoms with Gasteiger partial charge in [0, 0.05) is 5.39 Å². The Morgan fingerprint density at radius 2 is 1.88 bits per heavy atom. The number of aliphatic hydroxyl groups excluding tert-OH is 1. The molecule has 0 saturated carbocycles. The summed E-state index contributed by atoms with van der Waals surface area (Å²) in [5.41, 5.74) is 0. The zero-order chi connectivity index (χ0) is 12.3. The lowest BCUT2D eigenvalue weighted by atomic mass is 10.1. The van der Waals surface area contributed by atoms with Gasteiger partial charge in [0.1, 0.15) is 11.9 Å². The van der Waals surface area contributed by atoms with Crippen LogP contribution >= 0.6 is 11.6 Å². The molecule has 2 nitrogen and oxygen atoms in total. The summed E-state index contributed by atoms with van der Waals surface area (Å²) in [6, 6.07) is 13.8. The molecule has 0 radical (unpaired) electrons. The maximum atomic E-state index is 9.54. The van der Waals surface area contributed by atoms with Gasteiger partial charge in [-0.15, -0.1) is 11.6 Å². The van der Waals surface area contributed by atoms with Gasteiger partial charge in [0.25, 0.3) is 0 Å². The molecule has 2 unspecified atom stereocenters. The zero-order valence-electron chi connectivity index (χ0n) is 9.64. The molecule has 0 amide bonds. The molecule has 2 aromatic carbocycles. The van der Waals surface area contributed by atoms with Crippen LogP contribution in [-0.2, 0) is 0 Å². The topological polar surface area (TPSA) is 29.5 Å². The van der Waals surface area contributed by atoms with E-state index in [9.17, 15) is 5.11 Å². The van der Waals surface area contributed by atoms with E-state index in [-0.39, 0.29) is 12.0 Å². The summed E-state index contributed by atoms with van der Waals surface area (Å²) in [6.07, 6.45) is -0.978. The van der Waals surface area contributed by atoms with Crippen LogP contribution < -0.4 is 4.74 Å². The summed E-state index contributed by atoms with van der Waals surface area (Å²) in [5.74, 6) is 1.02. The Morgan fingerprint density at radius 1 is 1.18 bits per heavy atom. The minimum atomic E-state index is -0.591. The maximum absolute atomic E-state index is 9.54. The second-order valence-electron chi connectivity index (χ2n) is 4.03. The third kappa shape index (κ3) is 2.71. The molecule has 2 aromatic rings. The second-order valence-corrected chi connectivity index (χ2v) is 4.34. The molecule has 0 spiro atoms. The van der Waals surface area contributed by atoms with E-state index in [0.29, 0.717) is 0 Å². The quantitative estimate of drug-likeness (QED) is 0.845. The highest BCUT2D eigenvalue weighted by Crippen LogP contribution is 2.26. The van der Waals surface area contributed by atoms with E-state index in [1.54, 1.807) is 6.92 Å². The molecule has 1 N–H and O–H groups in total. The highest BCUT2D eigenvalue weighted by Gasteiger charge is 2.16. The van der Waals surface area contributed by atoms with Gasteiger partial charge in [0.2, 0.25) is 0 Å². The van der Waals surface area contributed by atoms with Gasteiger partial charge in [0.05, 0.1) is 12.0 Å². The molecule has 2 atom stereocenters. The van der Waals surface area contributed by atoms with E-state index in [2.05, 4.69) is 0 Å². The smallest absolute Gasteiger partial charge is 0.138 e. The standard InChI is InChI=1S/C14H15ClO2/c1-10(16)14(9-15)17-13-8-4-6-11-5-2-3-7-12(11)13/h2-8,10,14,16H,9H2,1H3. The van der Waals surface area contributed by atoms with Gasteiger partial charge in [-0.05, 0) is 18.4 Å². The van der Waals surface area contributed by atoms with E-state index in [1.165, 1.54) is 0 Å². The maximum Gasteiger partial charge on any atom is 0.138 e. The van der Waals surface area contributed by atoms with Crippen LogP contribution in [0.25, 0.3) is 10.8 Å². The molecule has 2 rings (SSSR count). The van der Waals surface area contributed by atoms with Gasteiger partial charge < -0.3 is 9.84 Å². The molecule has 3 heteroatoms. The average molecular weight is 251 g/mol. The van der Waals surface area contributed by atoms with E-state index < -0.39 is 6.10 Å². The van der Waals surface area contributed by atoms with E-state index >= 15 is 0 Å². The van der Waals surface area contributed by atoms with Crippen molar-refractivity contribution in [3.8, 4) is 5.75 Å². The Morgan fingerprint density at radius 3 is 2.59 bits per heavy atom. The normalized spacial score (nSPS) is 14.5. The van der Waals surface area contributed by atoms with Crippen LogP contribution in [-0.4, -0.2) is 23.2 Å². The minimum absolute atomic E-state index is 0.265. The van der Waals surface area contributed by atoms with E-state index in [4.69, 9.17) is 16.3 Å². The third-order valence-corrected chi connectivity index (χ3v) is 3.02. The number of hydrogen-bond donors (Lipinski definition) is 1. The summed E-state index contributed by atoms with van der Waals surface area (Å²) < 4.78 is 5.76. The van der Waals surface area contributed by atoms with Gasteiger partial charge in [0.15, 0.2) is 0 Å². The SMILES string of the molecule is CC(O)C(CCl)Oc1cccc2ccccc12. The zero-order valence-corrected chi connectivity index (χ0v) is 10.4. The second kappa shape index (κ2) is 5.39. The van der Waals surface area contributed by atoms with Crippen LogP contribution in [0.15, 0.2) is 42.5 Å². The van der Waals surface area contributed by atoms with Gasteiger partial charge in [-0.25, -0.2) is 0 Å². The first-order valence-electron chi connectivity index (χ1n) is 5.61. The van der Waals surface area contributed by atoms with Crippen molar-refractivity contribution >= 4 is 22.4 Å². The molecule has 0 aliphatic rings. The molecular weight excluding hydrogens is 236 g/mol. The van der Waals surface area contributed by atoms with Crippen molar-refractivity contribution < 1.29 is 9.84 Å². The Bertz CT molecular complexity index is 491. The van der Waals surface area contributed by atoms with Crippen molar-refractivity contribution in [2.75, 3.05) is 5.88 Å². The van der Waals surface area contributed by atoms with Crippen LogP contribution in [0.4, 0.5) is 0 Å². The molecule has 0 aromatic heterocycles. The Labute approximate surface area is 106 Å². The highest BCUT2D eigenvalue weighted by molar-refractivity contribution is 6.18. The lowest BCUT2D eigenvalue weighted by molar-refractivity contribution is 0.0636. The largest absolute Gasteiger partial charge is 0.486 e. The summed E-state index contributed by atoms with van der Waals surface area (Å²) in [7, 11) is 0. The number of halogens is 1. The fourth-order valence-electron chi connectivity index (χ4n) is 1.72. The predicted molar refractivity (Wildman–Crippen MR) is 70.8 cm³/mol. The molecule has 17 heavy (non-hydrogen) atoms. The third-order valence-electron chi connectivity index (χ3n) is 2.72. The van der Waals surface area contributed by atoms with E-state index in [0.717, 1.165) is 16.5 Å². The van der Waals surface area contributed by atoms with Crippen molar-refractivity contribution in [2.24, 2.45) is 0 Å². The van der Waals surface area contributed by atoms with Crippen molar-refractivity contribution in [1.29, 1.82) is 0 Å². The molecule has 0 heterocycles. The summed E-state index contributed by atoms with van der Waals surface area (Å²) in [6.45, 7) is 1.68. The number of aliphatic hydroxyl groups is 1. The molecule has 0 saturated heterocycles. The first-order chi connectivity index (χ1) is 8.22. The fraction of sp³-hybridized carbons (Fsp3) is 0.286. The van der Waals surface area contributed by atoms with Crippen molar-refractivity contribution in [1.82, 2.24) is 0 Å². The van der Waals surface area contributed by atoms with Crippen LogP contribution in [0.3, 0.4) is 0 Å². The highest BCUT2D eigenvalue weighted by atomic mass is 35.5. The Hall–Kier alpha value is -1.25. The van der Waals surface area contributed by atoms with Crippen molar-refractivity contribution in [3.63, 3.8) is 0 Å². The lowest BCUT2D eigenvalue weighted by Crippen LogP contribution is -2.30. The van der Waals surface area contributed by atoms with Gasteiger partial charge >= 0.3 is 0 Å². The number of ether oxygens (including phenoxy) is 1. The fourth-order valence-corrected chi connectivity index (χ4v) is 2.04. The Kier molecular flexibility index (Phi) is 3.87. The average Bonchev–Trinajstić information content (AvgIpc) is 2.35. The molecule has 0 aliphatic heterocycles. The summed E-state index contributed by atoms with van der Waals surface area (Å²) in [5, 5.41) is 11.7. The van der Waals surface area contributed by atoms with Crippen LogP contribution in [0, 0.1) is 0 Å². The molecule has 0 fully saturated rings. The Balaban J connectivity index is 2.35. The predicted octanol–water partition coefficient (Wildman–Crippen LogP) is 3.21. The molecular formula is C14H15ClO2. The number of hydrogen-bond acceptors (Lipinski definition) is 2.